The summed E-state index contributed by atoms with van der Waals surface area (Å²) in [5.41, 5.74) is 5.57. The topological polar surface area (TPSA) is 0 Å². The van der Waals surface area contributed by atoms with Gasteiger partial charge >= 0.3 is 0 Å². The van der Waals surface area contributed by atoms with E-state index in [1.54, 1.807) is 0 Å². The first-order valence-corrected chi connectivity index (χ1v) is 4.99. The maximum Gasteiger partial charge on any atom is -0.00704 e. The molecule has 0 atom stereocenters. The fourth-order valence-corrected chi connectivity index (χ4v) is 2.01. The van der Waals surface area contributed by atoms with E-state index in [-0.39, 0.29) is 0 Å². The summed E-state index contributed by atoms with van der Waals surface area (Å²) in [6.45, 7) is 8.76. The van der Waals surface area contributed by atoms with Gasteiger partial charge in [-0.2, -0.15) is 0 Å². The predicted molar refractivity (Wildman–Crippen MR) is 61.7 cm³/mol. The Kier molecular flexibility index (Phi) is 2.07. The van der Waals surface area contributed by atoms with Crippen LogP contribution in [0.25, 0.3) is 10.8 Å². The molecule has 0 heterocycles. The molecule has 0 saturated carbocycles. The van der Waals surface area contributed by atoms with Crippen LogP contribution in [0, 0.1) is 33.8 Å². The maximum absolute atomic E-state index is 3.33. The molecule has 0 bridgehead atoms. The minimum atomic E-state index is 1.27. The Morgan fingerprint density at radius 2 is 1.50 bits per heavy atom. The number of hydrogen-bond acceptors (Lipinski definition) is 0. The Hall–Kier alpha value is -1.30. The lowest BCUT2D eigenvalue weighted by Gasteiger charge is -2.13. The normalized spacial score (nSPS) is 10.9. The minimum Gasteiger partial charge on any atom is -0.0610 e. The second-order valence-electron chi connectivity index (χ2n) is 3.96. The minimum absolute atomic E-state index is 1.27. The summed E-state index contributed by atoms with van der Waals surface area (Å²) < 4.78 is 0. The summed E-state index contributed by atoms with van der Waals surface area (Å²) in [7, 11) is 0. The van der Waals surface area contributed by atoms with Crippen LogP contribution in [0.15, 0.2) is 18.2 Å². The molecule has 0 aliphatic heterocycles. The number of rotatable bonds is 0. The van der Waals surface area contributed by atoms with E-state index in [0.717, 1.165) is 0 Å². The van der Waals surface area contributed by atoms with Crippen LogP contribution in [-0.2, 0) is 0 Å². The fraction of sp³-hybridized carbons (Fsp3) is 0.286. The lowest BCUT2D eigenvalue weighted by Crippen LogP contribution is -1.93. The third kappa shape index (κ3) is 1.14. The van der Waals surface area contributed by atoms with E-state index < -0.39 is 0 Å². The molecule has 0 N–H and O–H groups in total. The zero-order valence-corrected chi connectivity index (χ0v) is 9.23. The SMILES string of the molecule is Cc1c(C)c(C)c2ccc[c]c2c1C. The van der Waals surface area contributed by atoms with E-state index in [2.05, 4.69) is 45.9 Å². The van der Waals surface area contributed by atoms with Crippen molar-refractivity contribution < 1.29 is 0 Å². The molecule has 0 saturated heterocycles. The highest BCUT2D eigenvalue weighted by Gasteiger charge is 2.07. The molecule has 0 fully saturated rings. The first kappa shape index (κ1) is 9.26. The van der Waals surface area contributed by atoms with Gasteiger partial charge in [-0.05, 0) is 66.8 Å². The Morgan fingerprint density at radius 1 is 0.857 bits per heavy atom. The molecule has 0 aliphatic rings. The summed E-state index contributed by atoms with van der Waals surface area (Å²) in [5, 5.41) is 2.61. The van der Waals surface area contributed by atoms with Gasteiger partial charge in [0.1, 0.15) is 0 Å². The molecule has 0 amide bonds. The Balaban J connectivity index is 3.02. The van der Waals surface area contributed by atoms with Crippen LogP contribution in [0.3, 0.4) is 0 Å². The van der Waals surface area contributed by atoms with Crippen LogP contribution in [0.1, 0.15) is 22.3 Å². The second-order valence-corrected chi connectivity index (χ2v) is 3.96. The molecule has 14 heavy (non-hydrogen) atoms. The Bertz CT molecular complexity index is 446. The molecule has 1 radical (unpaired) electrons. The van der Waals surface area contributed by atoms with Crippen LogP contribution < -0.4 is 0 Å². The highest BCUT2D eigenvalue weighted by molar-refractivity contribution is 5.90. The zero-order valence-electron chi connectivity index (χ0n) is 9.23. The highest BCUT2D eigenvalue weighted by Crippen LogP contribution is 2.28. The number of hydrogen-bond donors (Lipinski definition) is 0. The quantitative estimate of drug-likeness (QED) is 0.581. The van der Waals surface area contributed by atoms with Crippen molar-refractivity contribution in [2.24, 2.45) is 0 Å². The molecule has 2 aromatic rings. The third-order valence-electron chi connectivity index (χ3n) is 3.32. The second kappa shape index (κ2) is 3.13. The van der Waals surface area contributed by atoms with E-state index >= 15 is 0 Å². The standard InChI is InChI=1S/C14H15/c1-9-10(2)12(4)14-8-6-5-7-13(14)11(9)3/h5-7H,1-4H3. The smallest absolute Gasteiger partial charge is 0.00704 e. The van der Waals surface area contributed by atoms with Crippen molar-refractivity contribution in [1.82, 2.24) is 0 Å². The first-order chi connectivity index (χ1) is 6.63. The van der Waals surface area contributed by atoms with Crippen molar-refractivity contribution in [3.8, 4) is 0 Å². The molecular weight excluding hydrogens is 168 g/mol. The number of benzene rings is 2. The highest BCUT2D eigenvalue weighted by atomic mass is 14.1. The van der Waals surface area contributed by atoms with Gasteiger partial charge in [0.25, 0.3) is 0 Å². The van der Waals surface area contributed by atoms with Crippen LogP contribution in [0.2, 0.25) is 0 Å². The summed E-state index contributed by atoms with van der Waals surface area (Å²) in [6.07, 6.45) is 0. The first-order valence-electron chi connectivity index (χ1n) is 4.99. The summed E-state index contributed by atoms with van der Waals surface area (Å²) in [4.78, 5) is 0. The van der Waals surface area contributed by atoms with Gasteiger partial charge in [-0.1, -0.05) is 18.2 Å². The lowest BCUT2D eigenvalue weighted by molar-refractivity contribution is 1.25. The van der Waals surface area contributed by atoms with Crippen molar-refractivity contribution in [2.45, 2.75) is 27.7 Å². The average molecular weight is 183 g/mol. The van der Waals surface area contributed by atoms with Crippen molar-refractivity contribution in [3.05, 3.63) is 46.5 Å². The molecule has 0 nitrogen and oxygen atoms in total. The summed E-state index contributed by atoms with van der Waals surface area (Å²) in [5.74, 6) is 0. The van der Waals surface area contributed by atoms with Gasteiger partial charge in [0, 0.05) is 0 Å². The van der Waals surface area contributed by atoms with Crippen molar-refractivity contribution >= 4 is 10.8 Å². The monoisotopic (exact) mass is 183 g/mol. The fourth-order valence-electron chi connectivity index (χ4n) is 2.01. The van der Waals surface area contributed by atoms with Gasteiger partial charge in [0.2, 0.25) is 0 Å². The van der Waals surface area contributed by atoms with Crippen LogP contribution in [0.4, 0.5) is 0 Å². The molecular formula is C14H15. The van der Waals surface area contributed by atoms with Gasteiger partial charge in [0.05, 0.1) is 0 Å². The van der Waals surface area contributed by atoms with Gasteiger partial charge in [-0.3, -0.25) is 0 Å². The maximum atomic E-state index is 3.33. The summed E-state index contributed by atoms with van der Waals surface area (Å²) >= 11 is 0. The van der Waals surface area contributed by atoms with Gasteiger partial charge in [0.15, 0.2) is 0 Å². The van der Waals surface area contributed by atoms with E-state index in [9.17, 15) is 0 Å². The van der Waals surface area contributed by atoms with Crippen LogP contribution in [-0.4, -0.2) is 0 Å². The molecule has 0 aromatic heterocycles. The predicted octanol–water partition coefficient (Wildman–Crippen LogP) is 3.87. The largest absolute Gasteiger partial charge is 0.0610 e. The van der Waals surface area contributed by atoms with E-state index in [1.807, 2.05) is 6.07 Å². The number of fused-ring (bicyclic) bond motifs is 1. The average Bonchev–Trinajstić information content (AvgIpc) is 2.23. The molecule has 2 rings (SSSR count). The van der Waals surface area contributed by atoms with Gasteiger partial charge in [-0.15, -0.1) is 0 Å². The van der Waals surface area contributed by atoms with E-state index in [0.29, 0.717) is 0 Å². The van der Waals surface area contributed by atoms with Crippen molar-refractivity contribution in [3.63, 3.8) is 0 Å². The van der Waals surface area contributed by atoms with E-state index in [4.69, 9.17) is 0 Å². The van der Waals surface area contributed by atoms with Crippen LogP contribution in [0.5, 0.6) is 0 Å². The van der Waals surface area contributed by atoms with Gasteiger partial charge in [-0.25, -0.2) is 0 Å². The Labute approximate surface area is 85.6 Å². The van der Waals surface area contributed by atoms with Crippen molar-refractivity contribution in [1.29, 1.82) is 0 Å². The molecule has 71 valence electrons. The molecule has 0 aliphatic carbocycles. The molecule has 0 spiro atoms. The number of aryl methyl sites for hydroxylation is 2. The van der Waals surface area contributed by atoms with Gasteiger partial charge < -0.3 is 0 Å². The molecule has 2 aromatic carbocycles. The van der Waals surface area contributed by atoms with Crippen molar-refractivity contribution in [2.75, 3.05) is 0 Å². The Morgan fingerprint density at radius 3 is 2.21 bits per heavy atom. The zero-order chi connectivity index (χ0) is 10.3. The van der Waals surface area contributed by atoms with E-state index in [1.165, 1.54) is 33.0 Å². The van der Waals surface area contributed by atoms with Crippen LogP contribution >= 0.6 is 0 Å². The molecule has 0 unspecified atom stereocenters. The molecule has 0 heteroatoms. The third-order valence-corrected chi connectivity index (χ3v) is 3.32. The summed E-state index contributed by atoms with van der Waals surface area (Å²) in [6, 6.07) is 9.56. The lowest BCUT2D eigenvalue weighted by atomic mass is 9.92.